The van der Waals surface area contributed by atoms with Crippen molar-refractivity contribution in [1.29, 1.82) is 0 Å². The number of carboxylic acids is 1. The molecule has 1 N–H and O–H groups in total. The number of aromatic carboxylic acids is 1. The number of hydrogen-bond donors (Lipinski definition) is 1. The van der Waals surface area contributed by atoms with Crippen LogP contribution in [0.3, 0.4) is 0 Å². The molecule has 0 heterocycles. The van der Waals surface area contributed by atoms with Crippen molar-refractivity contribution in [2.75, 3.05) is 5.75 Å². The molecule has 0 radical (unpaired) electrons. The van der Waals surface area contributed by atoms with E-state index in [1.54, 1.807) is 0 Å². The standard InChI is InChI=1S/C17H17FO2S/c18-15-10-9-14(17(19)20)12-16(15)21-11-5-4-8-13-6-2-1-3-7-13/h1-3,6-7,9-10,12H,4-5,8,11H2,(H,19,20). The van der Waals surface area contributed by atoms with Crippen LogP contribution in [0.5, 0.6) is 0 Å². The first-order chi connectivity index (χ1) is 10.2. The molecule has 0 aromatic heterocycles. The summed E-state index contributed by atoms with van der Waals surface area (Å²) in [5.41, 5.74) is 1.43. The lowest BCUT2D eigenvalue weighted by molar-refractivity contribution is 0.0696. The normalized spacial score (nSPS) is 10.5. The van der Waals surface area contributed by atoms with Gasteiger partial charge in [-0.05, 0) is 48.8 Å². The molecular formula is C17H17FO2S. The molecule has 2 nitrogen and oxygen atoms in total. The zero-order valence-electron chi connectivity index (χ0n) is 11.6. The highest BCUT2D eigenvalue weighted by atomic mass is 32.2. The van der Waals surface area contributed by atoms with Crippen LogP contribution in [-0.4, -0.2) is 16.8 Å². The van der Waals surface area contributed by atoms with Gasteiger partial charge in [0.1, 0.15) is 5.82 Å². The molecule has 0 saturated heterocycles. The minimum Gasteiger partial charge on any atom is -0.478 e. The van der Waals surface area contributed by atoms with Gasteiger partial charge in [0, 0.05) is 4.90 Å². The molecule has 0 amide bonds. The quantitative estimate of drug-likeness (QED) is 0.598. The minimum absolute atomic E-state index is 0.128. The van der Waals surface area contributed by atoms with Gasteiger partial charge >= 0.3 is 5.97 Å². The maximum Gasteiger partial charge on any atom is 0.335 e. The van der Waals surface area contributed by atoms with Crippen LogP contribution in [0.25, 0.3) is 0 Å². The van der Waals surface area contributed by atoms with E-state index in [4.69, 9.17) is 5.11 Å². The Morgan fingerprint density at radius 1 is 1.10 bits per heavy atom. The second-order valence-corrected chi connectivity index (χ2v) is 5.88. The predicted octanol–water partition coefficient (Wildman–Crippen LogP) is 4.64. The van der Waals surface area contributed by atoms with E-state index in [9.17, 15) is 9.18 Å². The van der Waals surface area contributed by atoms with Crippen molar-refractivity contribution in [3.8, 4) is 0 Å². The lowest BCUT2D eigenvalue weighted by Crippen LogP contribution is -1.97. The molecule has 2 rings (SSSR count). The van der Waals surface area contributed by atoms with Crippen molar-refractivity contribution in [3.05, 3.63) is 65.5 Å². The third-order valence-electron chi connectivity index (χ3n) is 3.14. The second-order valence-electron chi connectivity index (χ2n) is 4.74. The van der Waals surface area contributed by atoms with Crippen molar-refractivity contribution >= 4 is 17.7 Å². The first-order valence-corrected chi connectivity index (χ1v) is 7.85. The van der Waals surface area contributed by atoms with Gasteiger partial charge in [-0.1, -0.05) is 30.3 Å². The van der Waals surface area contributed by atoms with Gasteiger partial charge in [-0.2, -0.15) is 0 Å². The lowest BCUT2D eigenvalue weighted by atomic mass is 10.1. The number of benzene rings is 2. The molecule has 0 bridgehead atoms. The van der Waals surface area contributed by atoms with Gasteiger partial charge in [0.25, 0.3) is 0 Å². The topological polar surface area (TPSA) is 37.3 Å². The molecule has 110 valence electrons. The number of thioether (sulfide) groups is 1. The summed E-state index contributed by atoms with van der Waals surface area (Å²) in [6, 6.07) is 14.2. The maximum atomic E-state index is 13.6. The second kappa shape index (κ2) is 7.84. The van der Waals surface area contributed by atoms with Crippen molar-refractivity contribution in [2.45, 2.75) is 24.2 Å². The van der Waals surface area contributed by atoms with E-state index >= 15 is 0 Å². The fraction of sp³-hybridized carbons (Fsp3) is 0.235. The van der Waals surface area contributed by atoms with Crippen LogP contribution in [0.15, 0.2) is 53.4 Å². The van der Waals surface area contributed by atoms with Gasteiger partial charge < -0.3 is 5.11 Å². The first-order valence-electron chi connectivity index (χ1n) is 6.86. The van der Waals surface area contributed by atoms with E-state index in [2.05, 4.69) is 12.1 Å². The van der Waals surface area contributed by atoms with E-state index in [1.807, 2.05) is 18.2 Å². The van der Waals surface area contributed by atoms with Crippen LogP contribution in [-0.2, 0) is 6.42 Å². The summed E-state index contributed by atoms with van der Waals surface area (Å²) in [4.78, 5) is 11.3. The molecular weight excluding hydrogens is 287 g/mol. The molecule has 4 heteroatoms. The Kier molecular flexibility index (Phi) is 5.81. The van der Waals surface area contributed by atoms with Crippen molar-refractivity contribution in [3.63, 3.8) is 0 Å². The molecule has 2 aromatic carbocycles. The third-order valence-corrected chi connectivity index (χ3v) is 4.25. The zero-order chi connectivity index (χ0) is 15.1. The molecule has 0 unspecified atom stereocenters. The van der Waals surface area contributed by atoms with E-state index in [0.29, 0.717) is 4.90 Å². The van der Waals surface area contributed by atoms with Crippen LogP contribution >= 0.6 is 11.8 Å². The number of halogens is 1. The van der Waals surface area contributed by atoms with Gasteiger partial charge in [0.15, 0.2) is 0 Å². The van der Waals surface area contributed by atoms with E-state index in [1.165, 1.54) is 35.5 Å². The average molecular weight is 304 g/mol. The largest absolute Gasteiger partial charge is 0.478 e. The Labute approximate surface area is 128 Å². The summed E-state index contributed by atoms with van der Waals surface area (Å²) < 4.78 is 13.6. The summed E-state index contributed by atoms with van der Waals surface area (Å²) in [7, 11) is 0. The number of carboxylic acid groups (broad SMARTS) is 1. The highest BCUT2D eigenvalue weighted by molar-refractivity contribution is 7.99. The van der Waals surface area contributed by atoms with Gasteiger partial charge in [-0.25, -0.2) is 9.18 Å². The summed E-state index contributed by atoms with van der Waals surface area (Å²) in [6.07, 6.45) is 3.02. The fourth-order valence-electron chi connectivity index (χ4n) is 2.00. The van der Waals surface area contributed by atoms with Crippen molar-refractivity contribution < 1.29 is 14.3 Å². The SMILES string of the molecule is O=C(O)c1ccc(F)c(SCCCCc2ccccc2)c1. The molecule has 0 aliphatic heterocycles. The highest BCUT2D eigenvalue weighted by Gasteiger charge is 2.08. The number of unbranched alkanes of at least 4 members (excludes halogenated alkanes) is 1. The number of hydrogen-bond acceptors (Lipinski definition) is 2. The molecule has 0 fully saturated rings. The fourth-order valence-corrected chi connectivity index (χ4v) is 2.99. The predicted molar refractivity (Wildman–Crippen MR) is 83.5 cm³/mol. The van der Waals surface area contributed by atoms with Crippen LogP contribution in [0.4, 0.5) is 4.39 Å². The van der Waals surface area contributed by atoms with E-state index < -0.39 is 5.97 Å². The lowest BCUT2D eigenvalue weighted by Gasteiger charge is -2.05. The summed E-state index contributed by atoms with van der Waals surface area (Å²) in [5.74, 6) is -0.596. The minimum atomic E-state index is -1.03. The average Bonchev–Trinajstić information content (AvgIpc) is 2.49. The van der Waals surface area contributed by atoms with E-state index in [0.717, 1.165) is 25.0 Å². The molecule has 0 aliphatic rings. The molecule has 0 spiro atoms. The number of rotatable bonds is 7. The van der Waals surface area contributed by atoms with Crippen LogP contribution in [0.1, 0.15) is 28.8 Å². The van der Waals surface area contributed by atoms with Gasteiger partial charge in [0.2, 0.25) is 0 Å². The van der Waals surface area contributed by atoms with Crippen LogP contribution < -0.4 is 0 Å². The van der Waals surface area contributed by atoms with Crippen molar-refractivity contribution in [1.82, 2.24) is 0 Å². The molecule has 0 aliphatic carbocycles. The van der Waals surface area contributed by atoms with Gasteiger partial charge in [-0.15, -0.1) is 11.8 Å². The Balaban J connectivity index is 1.78. The Hall–Kier alpha value is -1.81. The summed E-state index contributed by atoms with van der Waals surface area (Å²) in [5, 5.41) is 8.90. The zero-order valence-corrected chi connectivity index (χ0v) is 12.4. The monoisotopic (exact) mass is 304 g/mol. The van der Waals surface area contributed by atoms with Gasteiger partial charge in [-0.3, -0.25) is 0 Å². The molecule has 21 heavy (non-hydrogen) atoms. The number of carbonyl (C=O) groups is 1. The smallest absolute Gasteiger partial charge is 0.335 e. The van der Waals surface area contributed by atoms with Crippen LogP contribution in [0, 0.1) is 5.82 Å². The van der Waals surface area contributed by atoms with E-state index in [-0.39, 0.29) is 11.4 Å². The first kappa shape index (κ1) is 15.6. The van der Waals surface area contributed by atoms with Crippen molar-refractivity contribution in [2.24, 2.45) is 0 Å². The maximum absolute atomic E-state index is 13.6. The molecule has 0 atom stereocenters. The highest BCUT2D eigenvalue weighted by Crippen LogP contribution is 2.24. The third kappa shape index (κ3) is 4.90. The summed E-state index contributed by atoms with van der Waals surface area (Å²) in [6.45, 7) is 0. The Morgan fingerprint density at radius 2 is 1.86 bits per heavy atom. The molecule has 2 aromatic rings. The Morgan fingerprint density at radius 3 is 2.57 bits per heavy atom. The Bertz CT molecular complexity index is 599. The van der Waals surface area contributed by atoms with Crippen LogP contribution in [0.2, 0.25) is 0 Å². The molecule has 0 saturated carbocycles. The summed E-state index contributed by atoms with van der Waals surface area (Å²) >= 11 is 1.38. The van der Waals surface area contributed by atoms with Gasteiger partial charge in [0.05, 0.1) is 5.56 Å². The number of aryl methyl sites for hydroxylation is 1.